The lowest BCUT2D eigenvalue weighted by Crippen LogP contribution is -2.26. The molecular weight excluding hydrogens is 300 g/mol. The van der Waals surface area contributed by atoms with Gasteiger partial charge in [0.05, 0.1) is 11.2 Å². The van der Waals surface area contributed by atoms with E-state index in [4.69, 9.17) is 4.74 Å². The van der Waals surface area contributed by atoms with Crippen molar-refractivity contribution in [2.24, 2.45) is 4.99 Å². The molecule has 0 aliphatic carbocycles. The number of rotatable bonds is 1. The van der Waals surface area contributed by atoms with Crippen LogP contribution in [0.2, 0.25) is 0 Å². The highest BCUT2D eigenvalue weighted by Gasteiger charge is 2.23. The summed E-state index contributed by atoms with van der Waals surface area (Å²) in [5.41, 5.74) is 3.92. The van der Waals surface area contributed by atoms with Crippen LogP contribution in [-0.4, -0.2) is 10.3 Å². The molecule has 3 aromatic rings. The van der Waals surface area contributed by atoms with E-state index < -0.39 is 0 Å². The zero-order chi connectivity index (χ0) is 16.8. The Labute approximate surface area is 140 Å². The molecule has 4 rings (SSSR count). The molecule has 1 aromatic heterocycles. The van der Waals surface area contributed by atoms with E-state index in [0.29, 0.717) is 29.3 Å². The molecule has 120 valence electrons. The predicted octanol–water partition coefficient (Wildman–Crippen LogP) is 4.58. The molecule has 24 heavy (non-hydrogen) atoms. The van der Waals surface area contributed by atoms with Crippen LogP contribution in [0.4, 0.5) is 5.69 Å². The molecule has 0 radical (unpaired) electrons. The van der Waals surface area contributed by atoms with Gasteiger partial charge < -0.3 is 9.30 Å². The second kappa shape index (κ2) is 5.34. The Hall–Kier alpha value is -2.88. The van der Waals surface area contributed by atoms with Crippen molar-refractivity contribution in [1.29, 1.82) is 0 Å². The smallest absolute Gasteiger partial charge is 0.263 e. The van der Waals surface area contributed by atoms with E-state index in [9.17, 15) is 4.79 Å². The number of para-hydroxylation sites is 1. The summed E-state index contributed by atoms with van der Waals surface area (Å²) >= 11 is 0. The van der Waals surface area contributed by atoms with Gasteiger partial charge in [0.1, 0.15) is 11.3 Å². The van der Waals surface area contributed by atoms with Crippen LogP contribution < -0.4 is 10.3 Å². The Bertz CT molecular complexity index is 1060. The summed E-state index contributed by atoms with van der Waals surface area (Å²) in [5, 5.41) is 0.928. The number of hydrogen-bond acceptors (Lipinski definition) is 3. The van der Waals surface area contributed by atoms with Crippen LogP contribution in [-0.2, 0) is 6.54 Å². The lowest BCUT2D eigenvalue weighted by atomic mass is 10.1. The fourth-order valence-electron chi connectivity index (χ4n) is 3.26. The highest BCUT2D eigenvalue weighted by atomic mass is 16.5. The molecule has 0 N–H and O–H groups in total. The van der Waals surface area contributed by atoms with Gasteiger partial charge >= 0.3 is 0 Å². The third-order valence-corrected chi connectivity index (χ3v) is 4.42. The second-order valence-corrected chi connectivity index (χ2v) is 6.04. The summed E-state index contributed by atoms with van der Waals surface area (Å²) in [4.78, 5) is 17.7. The number of hydrogen-bond donors (Lipinski definition) is 0. The molecule has 0 spiro atoms. The summed E-state index contributed by atoms with van der Waals surface area (Å²) < 4.78 is 7.97. The molecule has 0 fully saturated rings. The maximum Gasteiger partial charge on any atom is 0.263 e. The monoisotopic (exact) mass is 318 g/mol. The largest absolute Gasteiger partial charge is 0.453 e. The van der Waals surface area contributed by atoms with Crippen molar-refractivity contribution < 1.29 is 4.74 Å². The first-order valence-electron chi connectivity index (χ1n) is 8.10. The number of ether oxygens (including phenoxy) is 1. The molecule has 1 aliphatic heterocycles. The molecule has 4 nitrogen and oxygen atoms in total. The standard InChI is InChI=1S/C20H18N2O2/c1-4-22-16-8-6-5-7-14(16)19-18(20(22)23)13(3)21-15-11-12(2)9-10-17(15)24-19/h5-11H,4H2,1-3H3. The van der Waals surface area contributed by atoms with Gasteiger partial charge in [0.2, 0.25) is 0 Å². The van der Waals surface area contributed by atoms with Crippen molar-refractivity contribution in [1.82, 2.24) is 4.57 Å². The molecule has 1 aliphatic rings. The zero-order valence-electron chi connectivity index (χ0n) is 14.0. The predicted molar refractivity (Wildman–Crippen MR) is 97.0 cm³/mol. The van der Waals surface area contributed by atoms with E-state index >= 15 is 0 Å². The molecule has 0 atom stereocenters. The third kappa shape index (κ3) is 2.07. The Morgan fingerprint density at radius 2 is 1.92 bits per heavy atom. The minimum atomic E-state index is -0.0584. The molecule has 0 saturated carbocycles. The lowest BCUT2D eigenvalue weighted by Gasteiger charge is -2.15. The van der Waals surface area contributed by atoms with Crippen LogP contribution in [0.3, 0.4) is 0 Å². The van der Waals surface area contributed by atoms with E-state index in [0.717, 1.165) is 22.2 Å². The van der Waals surface area contributed by atoms with Crippen molar-refractivity contribution >= 4 is 22.3 Å². The number of benzene rings is 2. The van der Waals surface area contributed by atoms with Gasteiger partial charge in [0, 0.05) is 11.9 Å². The summed E-state index contributed by atoms with van der Waals surface area (Å²) in [6.07, 6.45) is 0. The minimum Gasteiger partial charge on any atom is -0.453 e. The van der Waals surface area contributed by atoms with Gasteiger partial charge in [0.25, 0.3) is 5.56 Å². The lowest BCUT2D eigenvalue weighted by molar-refractivity contribution is 0.487. The molecule has 0 bridgehead atoms. The Morgan fingerprint density at radius 3 is 2.71 bits per heavy atom. The highest BCUT2D eigenvalue weighted by Crippen LogP contribution is 2.40. The molecule has 4 heteroatoms. The molecule has 2 heterocycles. The van der Waals surface area contributed by atoms with Gasteiger partial charge in [0.15, 0.2) is 11.5 Å². The Balaban J connectivity index is 2.14. The zero-order valence-corrected chi connectivity index (χ0v) is 14.0. The summed E-state index contributed by atoms with van der Waals surface area (Å²) in [6.45, 7) is 6.47. The van der Waals surface area contributed by atoms with Crippen molar-refractivity contribution in [2.75, 3.05) is 0 Å². The van der Waals surface area contributed by atoms with E-state index in [1.165, 1.54) is 0 Å². The maximum absolute atomic E-state index is 13.0. The maximum atomic E-state index is 13.0. The average molecular weight is 318 g/mol. The number of fused-ring (bicyclic) bond motifs is 4. The van der Waals surface area contributed by atoms with E-state index in [2.05, 4.69) is 4.99 Å². The Kier molecular flexibility index (Phi) is 3.27. The van der Waals surface area contributed by atoms with Crippen LogP contribution in [0.25, 0.3) is 10.9 Å². The molecular formula is C20H18N2O2. The molecule has 0 amide bonds. The number of pyridine rings is 1. The highest BCUT2D eigenvalue weighted by molar-refractivity contribution is 6.07. The molecule has 2 aromatic carbocycles. The number of aryl methyl sites for hydroxylation is 2. The van der Waals surface area contributed by atoms with Gasteiger partial charge in [-0.2, -0.15) is 0 Å². The van der Waals surface area contributed by atoms with Crippen LogP contribution in [0.1, 0.15) is 25.0 Å². The minimum absolute atomic E-state index is 0.0584. The normalized spacial score (nSPS) is 12.9. The SMILES string of the molecule is CCn1c(=O)c2c(c3ccccc31)Oc1ccc(C)cc1N=C2C. The first-order valence-corrected chi connectivity index (χ1v) is 8.10. The van der Waals surface area contributed by atoms with Crippen molar-refractivity contribution in [3.63, 3.8) is 0 Å². The van der Waals surface area contributed by atoms with Gasteiger partial charge in [-0.1, -0.05) is 18.2 Å². The van der Waals surface area contributed by atoms with Crippen molar-refractivity contribution in [3.05, 3.63) is 63.9 Å². The second-order valence-electron chi connectivity index (χ2n) is 6.04. The van der Waals surface area contributed by atoms with Gasteiger partial charge in [-0.15, -0.1) is 0 Å². The van der Waals surface area contributed by atoms with Crippen LogP contribution in [0, 0.1) is 6.92 Å². The average Bonchev–Trinajstić information content (AvgIpc) is 2.71. The van der Waals surface area contributed by atoms with Gasteiger partial charge in [-0.25, -0.2) is 4.99 Å². The first-order chi connectivity index (χ1) is 11.6. The topological polar surface area (TPSA) is 43.6 Å². The summed E-state index contributed by atoms with van der Waals surface area (Å²) in [5.74, 6) is 1.28. The number of aliphatic imine (C=N–C) groups is 1. The molecule has 0 unspecified atom stereocenters. The van der Waals surface area contributed by atoms with Crippen LogP contribution >= 0.6 is 0 Å². The van der Waals surface area contributed by atoms with Crippen molar-refractivity contribution in [2.45, 2.75) is 27.3 Å². The van der Waals surface area contributed by atoms with E-state index in [1.54, 1.807) is 4.57 Å². The van der Waals surface area contributed by atoms with Gasteiger partial charge in [-0.3, -0.25) is 4.79 Å². The summed E-state index contributed by atoms with van der Waals surface area (Å²) in [7, 11) is 0. The van der Waals surface area contributed by atoms with Crippen molar-refractivity contribution in [3.8, 4) is 11.5 Å². The van der Waals surface area contributed by atoms with E-state index in [1.807, 2.05) is 63.2 Å². The molecule has 0 saturated heterocycles. The fourth-order valence-corrected chi connectivity index (χ4v) is 3.26. The van der Waals surface area contributed by atoms with Gasteiger partial charge in [-0.05, 0) is 50.6 Å². The first kappa shape index (κ1) is 14.7. The van der Waals surface area contributed by atoms with E-state index in [-0.39, 0.29) is 5.56 Å². The third-order valence-electron chi connectivity index (χ3n) is 4.42. The number of aromatic nitrogens is 1. The van der Waals surface area contributed by atoms with Crippen LogP contribution in [0.15, 0.2) is 52.3 Å². The summed E-state index contributed by atoms with van der Waals surface area (Å²) in [6, 6.07) is 13.7. The Morgan fingerprint density at radius 1 is 1.12 bits per heavy atom. The fraction of sp³-hybridized carbons (Fsp3) is 0.200. The quantitative estimate of drug-likeness (QED) is 0.659. The number of nitrogens with zero attached hydrogens (tertiary/aromatic N) is 2. The van der Waals surface area contributed by atoms with Crippen LogP contribution in [0.5, 0.6) is 11.5 Å².